The van der Waals surface area contributed by atoms with Crippen molar-refractivity contribution in [1.82, 2.24) is 9.78 Å². The molecule has 0 spiro atoms. The number of hydrogen-bond donors (Lipinski definition) is 2. The van der Waals surface area contributed by atoms with E-state index >= 15 is 0 Å². The zero-order valence-corrected chi connectivity index (χ0v) is 16.0. The van der Waals surface area contributed by atoms with Gasteiger partial charge in [-0.2, -0.15) is 5.10 Å². The van der Waals surface area contributed by atoms with Gasteiger partial charge in [-0.1, -0.05) is 12.1 Å². The van der Waals surface area contributed by atoms with Crippen molar-refractivity contribution in [2.75, 3.05) is 10.6 Å². The van der Waals surface area contributed by atoms with Crippen molar-refractivity contribution in [3.8, 4) is 0 Å². The van der Waals surface area contributed by atoms with Crippen molar-refractivity contribution in [2.45, 2.75) is 13.5 Å². The summed E-state index contributed by atoms with van der Waals surface area (Å²) in [6.45, 7) is 2.60. The van der Waals surface area contributed by atoms with Crippen LogP contribution < -0.4 is 16.3 Å². The summed E-state index contributed by atoms with van der Waals surface area (Å²) in [6.07, 6.45) is 3.69. The predicted molar refractivity (Wildman–Crippen MR) is 115 cm³/mol. The lowest BCUT2D eigenvalue weighted by Crippen LogP contribution is -2.19. The second-order valence-electron chi connectivity index (χ2n) is 6.44. The van der Waals surface area contributed by atoms with Crippen LogP contribution in [0.3, 0.4) is 0 Å². The maximum atomic E-state index is 11.6. The highest BCUT2D eigenvalue weighted by molar-refractivity contribution is 7.80. The Morgan fingerprint density at radius 2 is 1.86 bits per heavy atom. The molecule has 2 aromatic heterocycles. The third kappa shape index (κ3) is 4.10. The third-order valence-corrected chi connectivity index (χ3v) is 4.53. The van der Waals surface area contributed by atoms with Crippen molar-refractivity contribution >= 4 is 39.7 Å². The molecule has 2 heterocycles. The van der Waals surface area contributed by atoms with Crippen LogP contribution in [0.5, 0.6) is 0 Å². The summed E-state index contributed by atoms with van der Waals surface area (Å²) in [4.78, 5) is 11.6. The maximum absolute atomic E-state index is 11.6. The molecule has 28 heavy (non-hydrogen) atoms. The minimum Gasteiger partial charge on any atom is -0.423 e. The average Bonchev–Trinajstić information content (AvgIpc) is 3.16. The fourth-order valence-corrected chi connectivity index (χ4v) is 3.21. The first-order valence-electron chi connectivity index (χ1n) is 8.76. The van der Waals surface area contributed by atoms with E-state index in [0.717, 1.165) is 34.4 Å². The number of aryl methyl sites for hydroxylation is 1. The number of hydrogen-bond acceptors (Lipinski definition) is 4. The number of fused-ring (bicyclic) bond motifs is 1. The average molecular weight is 390 g/mol. The summed E-state index contributed by atoms with van der Waals surface area (Å²) in [5.41, 5.74) is 3.82. The molecular formula is C21H18N4O2S. The van der Waals surface area contributed by atoms with E-state index in [9.17, 15) is 4.79 Å². The summed E-state index contributed by atoms with van der Waals surface area (Å²) < 4.78 is 7.14. The molecule has 2 N–H and O–H groups in total. The van der Waals surface area contributed by atoms with Crippen LogP contribution in [0.15, 0.2) is 76.2 Å². The number of rotatable bonds is 4. The van der Waals surface area contributed by atoms with Gasteiger partial charge in [0.15, 0.2) is 5.11 Å². The Balaban J connectivity index is 1.42. The third-order valence-electron chi connectivity index (χ3n) is 4.32. The Morgan fingerprint density at radius 1 is 1.11 bits per heavy atom. The fraction of sp³-hybridized carbons (Fsp3) is 0.0952. The number of nitrogens with one attached hydrogen (secondary N) is 2. The van der Waals surface area contributed by atoms with Crippen LogP contribution in [0.2, 0.25) is 0 Å². The Morgan fingerprint density at radius 3 is 2.61 bits per heavy atom. The minimum atomic E-state index is -0.363. The summed E-state index contributed by atoms with van der Waals surface area (Å²) in [5.74, 6) is 0. The van der Waals surface area contributed by atoms with E-state index < -0.39 is 0 Å². The monoisotopic (exact) mass is 390 g/mol. The van der Waals surface area contributed by atoms with E-state index in [1.807, 2.05) is 60.3 Å². The van der Waals surface area contributed by atoms with Crippen LogP contribution in [-0.2, 0) is 6.54 Å². The van der Waals surface area contributed by atoms with Gasteiger partial charge in [0.1, 0.15) is 5.58 Å². The Hall–Kier alpha value is -3.45. The Kier molecular flexibility index (Phi) is 4.90. The van der Waals surface area contributed by atoms with E-state index in [-0.39, 0.29) is 5.63 Å². The van der Waals surface area contributed by atoms with E-state index in [2.05, 4.69) is 15.7 Å². The smallest absolute Gasteiger partial charge is 0.336 e. The number of aromatic nitrogens is 2. The lowest BCUT2D eigenvalue weighted by Gasteiger charge is -2.12. The van der Waals surface area contributed by atoms with Crippen LogP contribution in [-0.4, -0.2) is 14.9 Å². The second-order valence-corrected chi connectivity index (χ2v) is 6.85. The van der Waals surface area contributed by atoms with E-state index in [0.29, 0.717) is 10.7 Å². The molecule has 7 heteroatoms. The molecule has 0 bridgehead atoms. The molecule has 0 saturated carbocycles. The van der Waals surface area contributed by atoms with Gasteiger partial charge in [0.2, 0.25) is 0 Å². The van der Waals surface area contributed by atoms with Crippen LogP contribution in [0.25, 0.3) is 11.0 Å². The van der Waals surface area contributed by atoms with Crippen molar-refractivity contribution in [3.05, 3.63) is 88.5 Å². The molecule has 0 aliphatic rings. The van der Waals surface area contributed by atoms with Gasteiger partial charge in [-0.05, 0) is 60.6 Å². The number of anilines is 2. The minimum absolute atomic E-state index is 0.363. The molecule has 0 saturated heterocycles. The lowest BCUT2D eigenvalue weighted by molar-refractivity contribution is 0.560. The quantitative estimate of drug-likeness (QED) is 0.403. The highest BCUT2D eigenvalue weighted by Crippen LogP contribution is 2.21. The molecular weight excluding hydrogens is 372 g/mol. The largest absolute Gasteiger partial charge is 0.423 e. The number of thiocarbonyl (C=S) groups is 1. The first-order valence-corrected chi connectivity index (χ1v) is 9.16. The summed E-state index contributed by atoms with van der Waals surface area (Å²) in [7, 11) is 0. The van der Waals surface area contributed by atoms with Gasteiger partial charge in [-0.3, -0.25) is 4.68 Å². The summed E-state index contributed by atoms with van der Waals surface area (Å²) in [5, 5.41) is 11.8. The molecule has 0 aliphatic heterocycles. The Bertz CT molecular complexity index is 1180. The van der Waals surface area contributed by atoms with Crippen LogP contribution in [0, 0.1) is 6.92 Å². The first-order chi connectivity index (χ1) is 13.6. The highest BCUT2D eigenvalue weighted by atomic mass is 32.1. The standard InChI is InChI=1S/C21H18N4O2S/c1-14-11-20(26)27-19-12-17(7-8-18(14)19)24-21(28)23-16-5-3-15(4-6-16)13-25-10-2-9-22-25/h2-12H,13H2,1H3,(H2,23,24,28). The van der Waals surface area contributed by atoms with Crippen molar-refractivity contribution in [2.24, 2.45) is 0 Å². The van der Waals surface area contributed by atoms with Gasteiger partial charge in [0, 0.05) is 41.3 Å². The van der Waals surface area contributed by atoms with Crippen LogP contribution in [0.1, 0.15) is 11.1 Å². The zero-order valence-electron chi connectivity index (χ0n) is 15.2. The van der Waals surface area contributed by atoms with Gasteiger partial charge >= 0.3 is 5.63 Å². The summed E-state index contributed by atoms with van der Waals surface area (Å²) in [6, 6.07) is 17.0. The molecule has 0 aliphatic carbocycles. The van der Waals surface area contributed by atoms with Gasteiger partial charge in [-0.25, -0.2) is 4.79 Å². The van der Waals surface area contributed by atoms with Crippen molar-refractivity contribution in [3.63, 3.8) is 0 Å². The molecule has 6 nitrogen and oxygen atoms in total. The zero-order chi connectivity index (χ0) is 19.5. The number of benzene rings is 2. The molecule has 0 fully saturated rings. The number of nitrogens with zero attached hydrogens (tertiary/aromatic N) is 2. The van der Waals surface area contributed by atoms with Crippen molar-refractivity contribution < 1.29 is 4.42 Å². The van der Waals surface area contributed by atoms with E-state index in [1.165, 1.54) is 6.07 Å². The topological polar surface area (TPSA) is 72.1 Å². The van der Waals surface area contributed by atoms with E-state index in [1.54, 1.807) is 12.3 Å². The van der Waals surface area contributed by atoms with Gasteiger partial charge in [-0.15, -0.1) is 0 Å². The molecule has 140 valence electrons. The van der Waals surface area contributed by atoms with E-state index in [4.69, 9.17) is 16.6 Å². The molecule has 0 unspecified atom stereocenters. The normalized spacial score (nSPS) is 10.8. The molecule has 2 aromatic carbocycles. The molecule has 0 radical (unpaired) electrons. The Labute approximate surface area is 166 Å². The molecule has 0 amide bonds. The summed E-state index contributed by atoms with van der Waals surface area (Å²) >= 11 is 5.39. The van der Waals surface area contributed by atoms with Crippen LogP contribution in [0.4, 0.5) is 11.4 Å². The van der Waals surface area contributed by atoms with Crippen molar-refractivity contribution in [1.29, 1.82) is 0 Å². The van der Waals surface area contributed by atoms with Gasteiger partial charge in [0.25, 0.3) is 0 Å². The fourth-order valence-electron chi connectivity index (χ4n) is 2.97. The first kappa shape index (κ1) is 17.9. The van der Waals surface area contributed by atoms with Gasteiger partial charge < -0.3 is 15.1 Å². The SMILES string of the molecule is Cc1cc(=O)oc2cc(NC(=S)Nc3ccc(Cn4cccn4)cc3)ccc12. The molecule has 4 aromatic rings. The van der Waals surface area contributed by atoms with Gasteiger partial charge in [0.05, 0.1) is 6.54 Å². The second kappa shape index (κ2) is 7.66. The predicted octanol–water partition coefficient (Wildman–Crippen LogP) is 4.16. The van der Waals surface area contributed by atoms with Crippen LogP contribution >= 0.6 is 12.2 Å². The molecule has 0 atom stereocenters. The maximum Gasteiger partial charge on any atom is 0.336 e. The molecule has 4 rings (SSSR count). The highest BCUT2D eigenvalue weighted by Gasteiger charge is 2.05. The lowest BCUT2D eigenvalue weighted by atomic mass is 10.1.